The molecule has 0 unspecified atom stereocenters. The summed E-state index contributed by atoms with van der Waals surface area (Å²) in [5.41, 5.74) is 0.998. The fraction of sp³-hybridized carbons (Fsp3) is 0.529. The molecule has 0 spiro atoms. The quantitative estimate of drug-likeness (QED) is 0.723. The van der Waals surface area contributed by atoms with Gasteiger partial charge in [-0.3, -0.25) is 9.59 Å². The smallest absolute Gasteiger partial charge is 0.251 e. The van der Waals surface area contributed by atoms with Crippen molar-refractivity contribution in [3.63, 3.8) is 0 Å². The molecule has 1 aromatic rings. The number of sulfone groups is 1. The number of rotatable bonds is 7. The summed E-state index contributed by atoms with van der Waals surface area (Å²) < 4.78 is 22.6. The maximum absolute atomic E-state index is 12.1. The van der Waals surface area contributed by atoms with Crippen LogP contribution in [0.5, 0.6) is 0 Å². The van der Waals surface area contributed by atoms with Gasteiger partial charge < -0.3 is 10.6 Å². The van der Waals surface area contributed by atoms with E-state index in [0.717, 1.165) is 31.9 Å². The Morgan fingerprint density at radius 3 is 2.46 bits per heavy atom. The summed E-state index contributed by atoms with van der Waals surface area (Å²) in [6.45, 7) is 0.734. The second-order valence-corrected chi connectivity index (χ2v) is 8.44. The zero-order valence-electron chi connectivity index (χ0n) is 13.9. The summed E-state index contributed by atoms with van der Waals surface area (Å²) in [4.78, 5) is 23.9. The molecule has 24 heavy (non-hydrogen) atoms. The fourth-order valence-electron chi connectivity index (χ4n) is 2.90. The van der Waals surface area contributed by atoms with Crippen LogP contribution in [0.25, 0.3) is 0 Å². The molecular weight excluding hydrogens is 328 g/mol. The predicted molar refractivity (Wildman–Crippen MR) is 92.3 cm³/mol. The number of hydrogen-bond acceptors (Lipinski definition) is 4. The Hall–Kier alpha value is -1.89. The van der Waals surface area contributed by atoms with Crippen LogP contribution in [-0.2, 0) is 20.4 Å². The van der Waals surface area contributed by atoms with Crippen LogP contribution < -0.4 is 10.6 Å². The van der Waals surface area contributed by atoms with Gasteiger partial charge in [-0.2, -0.15) is 0 Å². The summed E-state index contributed by atoms with van der Waals surface area (Å²) >= 11 is 0. The van der Waals surface area contributed by atoms with Crippen LogP contribution in [0.4, 0.5) is 0 Å². The molecule has 7 heteroatoms. The summed E-state index contributed by atoms with van der Waals surface area (Å²) in [5.74, 6) is -0.184. The van der Waals surface area contributed by atoms with E-state index in [2.05, 4.69) is 10.6 Å². The van der Waals surface area contributed by atoms with Crippen LogP contribution in [0.3, 0.4) is 0 Å². The minimum Gasteiger partial charge on any atom is -0.354 e. The second kappa shape index (κ2) is 8.28. The molecule has 0 heterocycles. The molecule has 0 aromatic heterocycles. The van der Waals surface area contributed by atoms with Gasteiger partial charge in [-0.15, -0.1) is 0 Å². The molecule has 132 valence electrons. The minimum atomic E-state index is -3.14. The van der Waals surface area contributed by atoms with Crippen molar-refractivity contribution in [2.45, 2.75) is 31.4 Å². The van der Waals surface area contributed by atoms with Crippen molar-refractivity contribution in [3.8, 4) is 0 Å². The van der Waals surface area contributed by atoms with Gasteiger partial charge in [0.1, 0.15) is 0 Å². The highest BCUT2D eigenvalue weighted by Crippen LogP contribution is 2.24. The lowest BCUT2D eigenvalue weighted by Crippen LogP contribution is -2.37. The van der Waals surface area contributed by atoms with E-state index in [-0.39, 0.29) is 23.5 Å². The topological polar surface area (TPSA) is 92.3 Å². The van der Waals surface area contributed by atoms with Crippen LogP contribution in [0, 0.1) is 5.92 Å². The molecule has 0 atom stereocenters. The third-order valence-electron chi connectivity index (χ3n) is 4.05. The summed E-state index contributed by atoms with van der Waals surface area (Å²) in [6.07, 6.45) is 5.28. The van der Waals surface area contributed by atoms with Gasteiger partial charge >= 0.3 is 0 Å². The zero-order chi connectivity index (χ0) is 17.6. The van der Waals surface area contributed by atoms with Crippen LogP contribution in [0.1, 0.15) is 41.6 Å². The Kier molecular flexibility index (Phi) is 6.36. The van der Waals surface area contributed by atoms with Crippen molar-refractivity contribution < 1.29 is 18.0 Å². The summed E-state index contributed by atoms with van der Waals surface area (Å²) in [5, 5.41) is 5.57. The van der Waals surface area contributed by atoms with E-state index in [4.69, 9.17) is 0 Å². The maximum atomic E-state index is 12.1. The predicted octanol–water partition coefficient (Wildman–Crippen LogP) is 1.27. The number of nitrogens with one attached hydrogen (secondary N) is 2. The van der Waals surface area contributed by atoms with Crippen LogP contribution in [0.15, 0.2) is 24.3 Å². The van der Waals surface area contributed by atoms with Crippen molar-refractivity contribution >= 4 is 21.7 Å². The van der Waals surface area contributed by atoms with Crippen LogP contribution >= 0.6 is 0 Å². The Morgan fingerprint density at radius 2 is 1.79 bits per heavy atom. The van der Waals surface area contributed by atoms with E-state index in [0.29, 0.717) is 24.2 Å². The molecule has 1 aromatic carbocycles. The van der Waals surface area contributed by atoms with Gasteiger partial charge in [0.15, 0.2) is 9.84 Å². The molecule has 1 aliphatic carbocycles. The number of amides is 2. The van der Waals surface area contributed by atoms with Gasteiger partial charge in [-0.1, -0.05) is 25.0 Å². The molecule has 0 radical (unpaired) electrons. The third-order valence-corrected chi connectivity index (χ3v) is 4.91. The van der Waals surface area contributed by atoms with E-state index in [1.807, 2.05) is 0 Å². The molecule has 0 aliphatic heterocycles. The number of hydrogen-bond donors (Lipinski definition) is 2. The minimum absolute atomic E-state index is 0.0666. The normalized spacial score (nSPS) is 15.2. The van der Waals surface area contributed by atoms with Gasteiger partial charge in [0.25, 0.3) is 5.91 Å². The first kappa shape index (κ1) is 18.4. The molecule has 2 rings (SSSR count). The maximum Gasteiger partial charge on any atom is 0.251 e. The van der Waals surface area contributed by atoms with Crippen molar-refractivity contribution in [2.75, 3.05) is 19.3 Å². The van der Waals surface area contributed by atoms with E-state index in [1.165, 1.54) is 0 Å². The molecular formula is C17H24N2O4S. The van der Waals surface area contributed by atoms with Crippen molar-refractivity contribution in [2.24, 2.45) is 5.92 Å². The van der Waals surface area contributed by atoms with Gasteiger partial charge in [0.2, 0.25) is 5.91 Å². The lowest BCUT2D eigenvalue weighted by Gasteiger charge is -2.11. The highest BCUT2D eigenvalue weighted by molar-refractivity contribution is 7.89. The zero-order valence-corrected chi connectivity index (χ0v) is 14.7. The summed E-state index contributed by atoms with van der Waals surface area (Å²) in [6, 6.07) is 6.56. The molecule has 1 saturated carbocycles. The van der Waals surface area contributed by atoms with Crippen molar-refractivity contribution in [3.05, 3.63) is 35.4 Å². The van der Waals surface area contributed by atoms with Crippen LogP contribution in [-0.4, -0.2) is 39.6 Å². The second-order valence-electron chi connectivity index (χ2n) is 6.30. The molecule has 6 nitrogen and oxygen atoms in total. The molecule has 0 saturated heterocycles. The lowest BCUT2D eigenvalue weighted by molar-refractivity contribution is -0.124. The Balaban J connectivity index is 1.78. The van der Waals surface area contributed by atoms with Gasteiger partial charge in [-0.25, -0.2) is 8.42 Å². The highest BCUT2D eigenvalue weighted by Gasteiger charge is 2.21. The monoisotopic (exact) mass is 352 g/mol. The molecule has 0 bridgehead atoms. The average molecular weight is 352 g/mol. The molecule has 1 fully saturated rings. The van der Waals surface area contributed by atoms with E-state index >= 15 is 0 Å². The number of benzene rings is 1. The molecule has 2 amide bonds. The summed E-state index contributed by atoms with van der Waals surface area (Å²) in [7, 11) is -3.14. The standard InChI is InChI=1S/C17H24N2O4S/c1-24(22,23)12-13-5-4-8-15(11-13)17(21)19-10-9-18-16(20)14-6-2-3-7-14/h4-5,8,11,14H,2-3,6-7,9-10,12H2,1H3,(H,18,20)(H,19,21). The fourth-order valence-corrected chi connectivity index (χ4v) is 3.69. The number of carbonyl (C=O) groups excluding carboxylic acids is 2. The largest absolute Gasteiger partial charge is 0.354 e. The average Bonchev–Trinajstić information content (AvgIpc) is 3.04. The SMILES string of the molecule is CS(=O)(=O)Cc1cccc(C(=O)NCCNC(=O)C2CCCC2)c1. The Bertz CT molecular complexity index is 694. The van der Waals surface area contributed by atoms with Crippen molar-refractivity contribution in [1.82, 2.24) is 10.6 Å². The van der Waals surface area contributed by atoms with E-state index < -0.39 is 9.84 Å². The van der Waals surface area contributed by atoms with Crippen molar-refractivity contribution in [1.29, 1.82) is 0 Å². The van der Waals surface area contributed by atoms with E-state index in [9.17, 15) is 18.0 Å². The highest BCUT2D eigenvalue weighted by atomic mass is 32.2. The van der Waals surface area contributed by atoms with E-state index in [1.54, 1.807) is 24.3 Å². The van der Waals surface area contributed by atoms with Crippen LogP contribution in [0.2, 0.25) is 0 Å². The molecule has 1 aliphatic rings. The number of carbonyl (C=O) groups is 2. The lowest BCUT2D eigenvalue weighted by atomic mass is 10.1. The first-order valence-corrected chi connectivity index (χ1v) is 10.2. The third kappa shape index (κ3) is 5.96. The first-order valence-electron chi connectivity index (χ1n) is 8.18. The van der Waals surface area contributed by atoms with Gasteiger partial charge in [0, 0.05) is 30.8 Å². The Labute approximate surface area is 142 Å². The first-order chi connectivity index (χ1) is 11.3. The van der Waals surface area contributed by atoms with Gasteiger partial charge in [-0.05, 0) is 30.5 Å². The Morgan fingerprint density at radius 1 is 1.12 bits per heavy atom. The molecule has 2 N–H and O–H groups in total. The van der Waals surface area contributed by atoms with Gasteiger partial charge in [0.05, 0.1) is 5.75 Å².